The maximum Gasteiger partial charge on any atom is 0.256 e. The average Bonchev–Trinajstić information content (AvgIpc) is 2.67. The van der Waals surface area contributed by atoms with Crippen LogP contribution in [-0.2, 0) is 17.8 Å². The number of hydrogen-bond acceptors (Lipinski definition) is 3. The molecule has 1 aliphatic heterocycles. The van der Waals surface area contributed by atoms with Gasteiger partial charge in [0.1, 0.15) is 6.04 Å². The Kier molecular flexibility index (Phi) is 7.66. The highest BCUT2D eigenvalue weighted by molar-refractivity contribution is 6.33. The highest BCUT2D eigenvalue weighted by Gasteiger charge is 2.35. The van der Waals surface area contributed by atoms with Crippen molar-refractivity contribution >= 4 is 35.8 Å². The molecule has 0 radical (unpaired) electrons. The predicted octanol–water partition coefficient (Wildman–Crippen LogP) is 2.79. The molecular weight excluding hydrogens is 385 g/mol. The minimum Gasteiger partial charge on any atom is -0.354 e. The van der Waals surface area contributed by atoms with E-state index in [2.05, 4.69) is 5.32 Å². The van der Waals surface area contributed by atoms with Gasteiger partial charge in [-0.3, -0.25) is 9.59 Å². The summed E-state index contributed by atoms with van der Waals surface area (Å²) in [6.45, 7) is 1.40. The molecule has 0 bridgehead atoms. The Labute approximate surface area is 170 Å². The molecule has 144 valence electrons. The van der Waals surface area contributed by atoms with E-state index in [4.69, 9.17) is 17.3 Å². The lowest BCUT2D eigenvalue weighted by Crippen LogP contribution is -2.52. The normalized spacial score (nSPS) is 15.5. The minimum absolute atomic E-state index is 0. The molecule has 0 saturated carbocycles. The van der Waals surface area contributed by atoms with Crippen molar-refractivity contribution in [2.24, 2.45) is 5.73 Å². The number of amides is 2. The number of benzene rings is 2. The number of fused-ring (bicyclic) bond motifs is 1. The van der Waals surface area contributed by atoms with Crippen molar-refractivity contribution < 1.29 is 9.59 Å². The first-order valence-corrected chi connectivity index (χ1v) is 9.09. The summed E-state index contributed by atoms with van der Waals surface area (Å²) in [7, 11) is 0. The fraction of sp³-hybridized carbons (Fsp3) is 0.300. The molecule has 5 nitrogen and oxygen atoms in total. The second-order valence-corrected chi connectivity index (χ2v) is 6.74. The van der Waals surface area contributed by atoms with Crippen LogP contribution in [0.3, 0.4) is 0 Å². The molecule has 0 fully saturated rings. The van der Waals surface area contributed by atoms with Gasteiger partial charge >= 0.3 is 0 Å². The predicted molar refractivity (Wildman–Crippen MR) is 109 cm³/mol. The van der Waals surface area contributed by atoms with Crippen LogP contribution in [0.1, 0.15) is 27.9 Å². The van der Waals surface area contributed by atoms with Gasteiger partial charge in [-0.15, -0.1) is 12.4 Å². The topological polar surface area (TPSA) is 75.4 Å². The lowest BCUT2D eigenvalue weighted by Gasteiger charge is -2.36. The van der Waals surface area contributed by atoms with E-state index in [1.807, 2.05) is 24.3 Å². The molecule has 27 heavy (non-hydrogen) atoms. The van der Waals surface area contributed by atoms with Crippen molar-refractivity contribution in [2.75, 3.05) is 13.1 Å². The van der Waals surface area contributed by atoms with E-state index in [1.165, 1.54) is 0 Å². The number of carbonyl (C=O) groups excluding carboxylic acids is 2. The third-order valence-electron chi connectivity index (χ3n) is 4.60. The standard InChI is InChI=1S/C20H22ClN3O2.ClH/c21-17-9-4-3-8-16(17)20(26)24-13-15-7-2-1-6-14(15)12-18(24)19(25)23-11-5-10-22;/h1-4,6-9,18H,5,10-13,22H2,(H,23,25);1H. The smallest absolute Gasteiger partial charge is 0.256 e. The van der Waals surface area contributed by atoms with Gasteiger partial charge in [-0.05, 0) is 36.2 Å². The Balaban J connectivity index is 0.00000261. The maximum atomic E-state index is 13.1. The van der Waals surface area contributed by atoms with Gasteiger partial charge in [0, 0.05) is 19.5 Å². The van der Waals surface area contributed by atoms with Crippen molar-refractivity contribution in [2.45, 2.75) is 25.4 Å². The van der Waals surface area contributed by atoms with Gasteiger partial charge in [-0.2, -0.15) is 0 Å². The van der Waals surface area contributed by atoms with Gasteiger partial charge < -0.3 is 16.0 Å². The van der Waals surface area contributed by atoms with E-state index in [0.29, 0.717) is 43.1 Å². The molecule has 3 N–H and O–H groups in total. The zero-order chi connectivity index (χ0) is 18.5. The zero-order valence-corrected chi connectivity index (χ0v) is 16.4. The first-order chi connectivity index (χ1) is 12.6. The van der Waals surface area contributed by atoms with Crippen molar-refractivity contribution in [3.05, 3.63) is 70.2 Å². The van der Waals surface area contributed by atoms with Crippen LogP contribution in [0.5, 0.6) is 0 Å². The molecule has 0 saturated heterocycles. The molecule has 2 aromatic carbocycles. The van der Waals surface area contributed by atoms with Crippen LogP contribution in [0.2, 0.25) is 5.02 Å². The van der Waals surface area contributed by atoms with Crippen molar-refractivity contribution in [3.8, 4) is 0 Å². The first kappa shape index (κ1) is 21.2. The summed E-state index contributed by atoms with van der Waals surface area (Å²) in [5.41, 5.74) is 8.05. The van der Waals surface area contributed by atoms with Crippen LogP contribution in [-0.4, -0.2) is 35.8 Å². The highest BCUT2D eigenvalue weighted by Crippen LogP contribution is 2.27. The molecule has 1 unspecified atom stereocenters. The second-order valence-electron chi connectivity index (χ2n) is 6.33. The summed E-state index contributed by atoms with van der Waals surface area (Å²) in [6, 6.07) is 14.3. The summed E-state index contributed by atoms with van der Waals surface area (Å²) in [6.07, 6.45) is 1.19. The second kappa shape index (κ2) is 9.74. The van der Waals surface area contributed by atoms with E-state index < -0.39 is 6.04 Å². The lowest BCUT2D eigenvalue weighted by atomic mass is 9.92. The largest absolute Gasteiger partial charge is 0.354 e. The van der Waals surface area contributed by atoms with Crippen molar-refractivity contribution in [1.29, 1.82) is 0 Å². The summed E-state index contributed by atoms with van der Waals surface area (Å²) < 4.78 is 0. The number of nitrogens with zero attached hydrogens (tertiary/aromatic N) is 1. The van der Waals surface area contributed by atoms with E-state index >= 15 is 0 Å². The first-order valence-electron chi connectivity index (χ1n) is 8.72. The van der Waals surface area contributed by atoms with Crippen molar-refractivity contribution in [3.63, 3.8) is 0 Å². The highest BCUT2D eigenvalue weighted by atomic mass is 35.5. The Morgan fingerprint density at radius 3 is 2.48 bits per heavy atom. The molecule has 1 aliphatic rings. The quantitative estimate of drug-likeness (QED) is 0.748. The van der Waals surface area contributed by atoms with Crippen LogP contribution < -0.4 is 11.1 Å². The average molecular weight is 408 g/mol. The van der Waals surface area contributed by atoms with Crippen molar-refractivity contribution in [1.82, 2.24) is 10.2 Å². The minimum atomic E-state index is -0.563. The van der Waals surface area contributed by atoms with E-state index in [9.17, 15) is 9.59 Å². The SMILES string of the molecule is Cl.NCCCNC(=O)C1Cc2ccccc2CN1C(=O)c1ccccc1Cl. The van der Waals surface area contributed by atoms with Crippen LogP contribution in [0.4, 0.5) is 0 Å². The number of hydrogen-bond donors (Lipinski definition) is 2. The van der Waals surface area contributed by atoms with Crippen LogP contribution in [0, 0.1) is 0 Å². The van der Waals surface area contributed by atoms with E-state index in [1.54, 1.807) is 29.2 Å². The van der Waals surface area contributed by atoms with Gasteiger partial charge in [-0.1, -0.05) is 48.0 Å². The maximum absolute atomic E-state index is 13.1. The molecule has 2 aromatic rings. The van der Waals surface area contributed by atoms with Crippen LogP contribution >= 0.6 is 24.0 Å². The lowest BCUT2D eigenvalue weighted by molar-refractivity contribution is -0.126. The number of rotatable bonds is 5. The fourth-order valence-electron chi connectivity index (χ4n) is 3.19. The van der Waals surface area contributed by atoms with Gasteiger partial charge in [0.05, 0.1) is 10.6 Å². The molecule has 0 aromatic heterocycles. The molecule has 0 spiro atoms. The number of carbonyl (C=O) groups is 2. The Hall–Kier alpha value is -2.08. The Morgan fingerprint density at radius 2 is 1.78 bits per heavy atom. The molecule has 3 rings (SSSR count). The summed E-state index contributed by atoms with van der Waals surface area (Å²) >= 11 is 6.21. The van der Waals surface area contributed by atoms with Gasteiger partial charge in [0.25, 0.3) is 5.91 Å². The summed E-state index contributed by atoms with van der Waals surface area (Å²) in [5, 5.41) is 3.28. The Bertz CT molecular complexity index is 813. The summed E-state index contributed by atoms with van der Waals surface area (Å²) in [5.74, 6) is -0.391. The van der Waals surface area contributed by atoms with E-state index in [-0.39, 0.29) is 24.2 Å². The van der Waals surface area contributed by atoms with Gasteiger partial charge in [0.15, 0.2) is 0 Å². The van der Waals surface area contributed by atoms with E-state index in [0.717, 1.165) is 11.1 Å². The van der Waals surface area contributed by atoms with Gasteiger partial charge in [-0.25, -0.2) is 0 Å². The van der Waals surface area contributed by atoms with Gasteiger partial charge in [0.2, 0.25) is 5.91 Å². The third-order valence-corrected chi connectivity index (χ3v) is 4.93. The summed E-state index contributed by atoms with van der Waals surface area (Å²) in [4.78, 5) is 27.5. The number of nitrogens with two attached hydrogens (primary N) is 1. The number of nitrogens with one attached hydrogen (secondary N) is 1. The molecule has 0 aliphatic carbocycles. The molecule has 2 amide bonds. The third kappa shape index (κ3) is 4.80. The molecule has 7 heteroatoms. The zero-order valence-electron chi connectivity index (χ0n) is 14.9. The Morgan fingerprint density at radius 1 is 1.11 bits per heavy atom. The van der Waals surface area contributed by atoms with Crippen LogP contribution in [0.15, 0.2) is 48.5 Å². The number of halogens is 2. The van der Waals surface area contributed by atoms with Crippen LogP contribution in [0.25, 0.3) is 0 Å². The molecule has 1 heterocycles. The molecule has 1 atom stereocenters. The fourth-order valence-corrected chi connectivity index (χ4v) is 3.41. The monoisotopic (exact) mass is 407 g/mol. The molecular formula is C20H23Cl2N3O2.